The number of Topliss-reactive ketones (excluding diaryl/α,β-unsaturated/α-hetero) is 1. The minimum Gasteiger partial charge on any atom is -0.370 e. The Morgan fingerprint density at radius 3 is 2.79 bits per heavy atom. The number of nitrogens with one attached hydrogen (secondary N) is 1. The van der Waals surface area contributed by atoms with E-state index in [9.17, 15) is 27.6 Å². The molecule has 1 aromatic carbocycles. The molecule has 0 amide bonds. The van der Waals surface area contributed by atoms with Gasteiger partial charge in [-0.2, -0.15) is 18.4 Å². The van der Waals surface area contributed by atoms with E-state index in [1.165, 1.54) is 0 Å². The molecule has 0 radical (unpaired) electrons. The quantitative estimate of drug-likeness (QED) is 0.667. The van der Waals surface area contributed by atoms with E-state index in [-0.39, 0.29) is 44.1 Å². The first kappa shape index (κ1) is 23.4. The number of nitrogens with zero attached hydrogens (tertiary/aromatic N) is 3. The summed E-state index contributed by atoms with van der Waals surface area (Å²) in [7, 11) is 0. The third-order valence-electron chi connectivity index (χ3n) is 6.76. The molecule has 2 saturated heterocycles. The first-order valence-electron chi connectivity index (χ1n) is 11.2. The van der Waals surface area contributed by atoms with Gasteiger partial charge in [0, 0.05) is 49.7 Å². The van der Waals surface area contributed by atoms with Gasteiger partial charge < -0.3 is 10.2 Å². The van der Waals surface area contributed by atoms with E-state index in [0.29, 0.717) is 41.7 Å². The molecular formula is C24H26F4N4O. The lowest BCUT2D eigenvalue weighted by Crippen LogP contribution is -2.46. The maximum absolute atomic E-state index is 14.1. The zero-order chi connectivity index (χ0) is 23.6. The number of hydrogen-bond acceptors (Lipinski definition) is 5. The molecule has 0 saturated carbocycles. The van der Waals surface area contributed by atoms with Crippen LogP contribution in [0.2, 0.25) is 0 Å². The third-order valence-corrected chi connectivity index (χ3v) is 6.76. The number of alkyl halides is 4. The Labute approximate surface area is 189 Å². The number of pyridine rings is 1. The molecule has 0 bridgehead atoms. The van der Waals surface area contributed by atoms with Gasteiger partial charge in [-0.3, -0.25) is 9.78 Å². The molecule has 2 unspecified atom stereocenters. The van der Waals surface area contributed by atoms with Gasteiger partial charge in [0.2, 0.25) is 0 Å². The van der Waals surface area contributed by atoms with E-state index >= 15 is 0 Å². The highest BCUT2D eigenvalue weighted by Crippen LogP contribution is 2.40. The highest BCUT2D eigenvalue weighted by molar-refractivity contribution is 5.95. The van der Waals surface area contributed by atoms with Gasteiger partial charge in [-0.15, -0.1) is 0 Å². The molecule has 176 valence electrons. The Kier molecular flexibility index (Phi) is 6.84. The Hall–Kier alpha value is -2.73. The van der Waals surface area contributed by atoms with Crippen LogP contribution in [0, 0.1) is 29.1 Å². The number of halogens is 4. The fourth-order valence-electron chi connectivity index (χ4n) is 5.11. The van der Waals surface area contributed by atoms with E-state index in [4.69, 9.17) is 0 Å². The Bertz CT molecular complexity index is 1050. The maximum Gasteiger partial charge on any atom is 0.393 e. The molecular weight excluding hydrogens is 436 g/mol. The minimum atomic E-state index is -4.39. The number of fused-ring (bicyclic) bond motifs is 1. The number of anilines is 1. The van der Waals surface area contributed by atoms with Crippen molar-refractivity contribution in [1.29, 1.82) is 5.26 Å². The van der Waals surface area contributed by atoms with Crippen LogP contribution in [0.5, 0.6) is 0 Å². The fourth-order valence-corrected chi connectivity index (χ4v) is 5.11. The van der Waals surface area contributed by atoms with Crippen LogP contribution in [-0.4, -0.2) is 49.3 Å². The van der Waals surface area contributed by atoms with Crippen LogP contribution in [0.1, 0.15) is 31.2 Å². The molecule has 4 atom stereocenters. The van der Waals surface area contributed by atoms with Gasteiger partial charge in [0.05, 0.1) is 17.0 Å². The lowest BCUT2D eigenvalue weighted by atomic mass is 9.82. The summed E-state index contributed by atoms with van der Waals surface area (Å²) in [4.78, 5) is 18.6. The summed E-state index contributed by atoms with van der Waals surface area (Å²) in [5, 5.41) is 12.9. The van der Waals surface area contributed by atoms with Crippen LogP contribution in [0.25, 0.3) is 10.9 Å². The number of carbonyl (C=O) groups is 1. The van der Waals surface area contributed by atoms with Crippen molar-refractivity contribution in [2.24, 2.45) is 17.8 Å². The van der Waals surface area contributed by atoms with E-state index in [2.05, 4.69) is 16.4 Å². The van der Waals surface area contributed by atoms with Gasteiger partial charge in [0.1, 0.15) is 18.0 Å². The summed E-state index contributed by atoms with van der Waals surface area (Å²) in [6, 6.07) is 8.73. The van der Waals surface area contributed by atoms with Crippen LogP contribution in [0.15, 0.2) is 30.5 Å². The summed E-state index contributed by atoms with van der Waals surface area (Å²) >= 11 is 0. The smallest absolute Gasteiger partial charge is 0.370 e. The first-order valence-corrected chi connectivity index (χ1v) is 11.2. The van der Waals surface area contributed by atoms with Gasteiger partial charge in [0.15, 0.2) is 0 Å². The van der Waals surface area contributed by atoms with E-state index in [0.717, 1.165) is 0 Å². The number of rotatable bonds is 5. The van der Waals surface area contributed by atoms with Gasteiger partial charge in [-0.05, 0) is 55.5 Å². The van der Waals surface area contributed by atoms with Gasteiger partial charge in [-0.25, -0.2) is 4.39 Å². The van der Waals surface area contributed by atoms with Crippen LogP contribution < -0.4 is 10.2 Å². The molecule has 3 heterocycles. The second-order valence-electron chi connectivity index (χ2n) is 9.10. The van der Waals surface area contributed by atoms with Crippen molar-refractivity contribution in [2.75, 3.05) is 31.1 Å². The number of piperidine rings is 2. The van der Waals surface area contributed by atoms with Crippen molar-refractivity contribution < 1.29 is 22.4 Å². The topological polar surface area (TPSA) is 69.0 Å². The molecule has 2 aliphatic heterocycles. The maximum atomic E-state index is 14.1. The number of carbonyl (C=O) groups excluding carboxylic acids is 1. The molecule has 2 aliphatic rings. The summed E-state index contributed by atoms with van der Waals surface area (Å²) in [5.74, 6) is -2.60. The van der Waals surface area contributed by atoms with Crippen molar-refractivity contribution in [1.82, 2.24) is 10.3 Å². The van der Waals surface area contributed by atoms with Gasteiger partial charge in [-0.1, -0.05) is 0 Å². The molecule has 9 heteroatoms. The fraction of sp³-hybridized carbons (Fsp3) is 0.542. The van der Waals surface area contributed by atoms with Crippen LogP contribution in [0.3, 0.4) is 0 Å². The summed E-state index contributed by atoms with van der Waals surface area (Å²) in [6.45, 7) is 0.932. The Morgan fingerprint density at radius 1 is 1.24 bits per heavy atom. The molecule has 1 N–H and O–H groups in total. The average Bonchev–Trinajstić information content (AvgIpc) is 2.79. The number of aromatic nitrogens is 1. The number of nitriles is 1. The van der Waals surface area contributed by atoms with Gasteiger partial charge >= 0.3 is 6.18 Å². The van der Waals surface area contributed by atoms with Gasteiger partial charge in [0.25, 0.3) is 0 Å². The monoisotopic (exact) mass is 462 g/mol. The molecule has 2 fully saturated rings. The zero-order valence-corrected chi connectivity index (χ0v) is 18.1. The Morgan fingerprint density at radius 2 is 2.06 bits per heavy atom. The predicted octanol–water partition coefficient (Wildman–Crippen LogP) is 4.41. The molecule has 33 heavy (non-hydrogen) atoms. The van der Waals surface area contributed by atoms with Crippen LogP contribution >= 0.6 is 0 Å². The Balaban J connectivity index is 1.56. The molecule has 4 rings (SSSR count). The van der Waals surface area contributed by atoms with E-state index in [1.54, 1.807) is 35.4 Å². The zero-order valence-electron chi connectivity index (χ0n) is 18.1. The highest BCUT2D eigenvalue weighted by Gasteiger charge is 2.45. The molecule has 0 aliphatic carbocycles. The summed E-state index contributed by atoms with van der Waals surface area (Å²) in [5.41, 5.74) is 1.37. The second kappa shape index (κ2) is 9.64. The standard InChI is InChI=1S/C24H26F4N4O/c25-21-12-30-7-5-16(21)10-19(33)9-15-8-18(24(26,27)28)14-32(13-15)22-4-3-17(11-29)23-20(22)2-1-6-31-23/h1-4,6,15-16,18,21,30H,5,7-10,12-14H2/t15-,16?,18-,21?/m0/s1. The average molecular weight is 462 g/mol. The minimum absolute atomic E-state index is 0.00614. The molecule has 2 aromatic rings. The highest BCUT2D eigenvalue weighted by atomic mass is 19.4. The van der Waals surface area contributed by atoms with Crippen molar-refractivity contribution >= 4 is 22.4 Å². The van der Waals surface area contributed by atoms with Crippen molar-refractivity contribution in [2.45, 2.75) is 38.0 Å². The van der Waals surface area contributed by atoms with Crippen molar-refractivity contribution in [3.8, 4) is 6.07 Å². The second-order valence-corrected chi connectivity index (χ2v) is 9.10. The summed E-state index contributed by atoms with van der Waals surface area (Å²) < 4.78 is 55.4. The predicted molar refractivity (Wildman–Crippen MR) is 116 cm³/mol. The first-order chi connectivity index (χ1) is 15.8. The molecule has 5 nitrogen and oxygen atoms in total. The number of benzene rings is 1. The SMILES string of the molecule is N#Cc1ccc(N2C[C@H](CC(=O)CC3CCNCC3F)C[C@H](C(F)(F)F)C2)c2cccnc12. The van der Waals surface area contributed by atoms with E-state index in [1.807, 2.05) is 0 Å². The van der Waals surface area contributed by atoms with Crippen molar-refractivity contribution in [3.63, 3.8) is 0 Å². The molecule has 1 aromatic heterocycles. The largest absolute Gasteiger partial charge is 0.393 e. The molecule has 0 spiro atoms. The van der Waals surface area contributed by atoms with Crippen molar-refractivity contribution in [3.05, 3.63) is 36.0 Å². The number of hydrogen-bond donors (Lipinski definition) is 1. The lowest BCUT2D eigenvalue weighted by molar-refractivity contribution is -0.179. The third kappa shape index (κ3) is 5.27. The summed E-state index contributed by atoms with van der Waals surface area (Å²) in [6.07, 6.45) is -3.44. The lowest BCUT2D eigenvalue weighted by Gasteiger charge is -2.40. The van der Waals surface area contributed by atoms with Crippen LogP contribution in [-0.2, 0) is 4.79 Å². The normalized spacial score (nSPS) is 26.2. The number of ketones is 1. The van der Waals surface area contributed by atoms with Crippen LogP contribution in [0.4, 0.5) is 23.2 Å². The van der Waals surface area contributed by atoms with E-state index < -0.39 is 24.2 Å².